The number of benzene rings is 3. The number of para-hydroxylation sites is 1. The Bertz CT molecular complexity index is 1540. The van der Waals surface area contributed by atoms with Crippen LogP contribution in [0.1, 0.15) is 15.9 Å². The van der Waals surface area contributed by atoms with Gasteiger partial charge in [-0.25, -0.2) is 4.79 Å². The number of nitro groups is 1. The summed E-state index contributed by atoms with van der Waals surface area (Å²) < 4.78 is 5.20. The number of nitrogens with one attached hydrogen (secondary N) is 3. The molecule has 194 valence electrons. The van der Waals surface area contributed by atoms with Crippen molar-refractivity contribution < 1.29 is 24.0 Å². The Morgan fingerprint density at radius 2 is 1.74 bits per heavy atom. The van der Waals surface area contributed by atoms with Crippen LogP contribution < -0.4 is 10.6 Å². The molecule has 2 amide bonds. The van der Waals surface area contributed by atoms with Crippen LogP contribution in [0, 0.1) is 10.1 Å². The fourth-order valence-corrected chi connectivity index (χ4v) is 4.13. The Labute approximate surface area is 226 Å². The van der Waals surface area contributed by atoms with Crippen LogP contribution in [0.3, 0.4) is 0 Å². The number of aromatic nitrogens is 1. The van der Waals surface area contributed by atoms with Crippen molar-refractivity contribution in [1.82, 2.24) is 10.3 Å². The Kier molecular flexibility index (Phi) is 8.25. The molecule has 10 nitrogen and oxygen atoms in total. The molecule has 4 aromatic rings. The van der Waals surface area contributed by atoms with Gasteiger partial charge in [0.05, 0.1) is 26.2 Å². The highest BCUT2D eigenvalue weighted by molar-refractivity contribution is 6.34. The second-order valence-corrected chi connectivity index (χ2v) is 8.96. The molecule has 0 saturated carbocycles. The minimum atomic E-state index is -1.16. The number of H-pyrrole nitrogens is 1. The van der Waals surface area contributed by atoms with Crippen LogP contribution in [-0.2, 0) is 20.7 Å². The van der Waals surface area contributed by atoms with E-state index in [0.717, 1.165) is 22.5 Å². The number of rotatable bonds is 9. The van der Waals surface area contributed by atoms with Gasteiger partial charge in [-0.05, 0) is 29.8 Å². The van der Waals surface area contributed by atoms with Gasteiger partial charge >= 0.3 is 5.97 Å². The summed E-state index contributed by atoms with van der Waals surface area (Å²) >= 11 is 12.1. The Morgan fingerprint density at radius 1 is 1.00 bits per heavy atom. The molecular weight excluding hydrogens is 535 g/mol. The number of hydrogen-bond acceptors (Lipinski definition) is 6. The van der Waals surface area contributed by atoms with E-state index in [4.69, 9.17) is 27.9 Å². The Balaban J connectivity index is 1.49. The van der Waals surface area contributed by atoms with Crippen LogP contribution >= 0.6 is 23.2 Å². The van der Waals surface area contributed by atoms with Gasteiger partial charge in [0.25, 0.3) is 17.5 Å². The van der Waals surface area contributed by atoms with Crippen LogP contribution in [0.25, 0.3) is 10.9 Å². The molecule has 1 heterocycles. The van der Waals surface area contributed by atoms with Crippen LogP contribution in [0.2, 0.25) is 10.0 Å². The van der Waals surface area contributed by atoms with Gasteiger partial charge < -0.3 is 20.4 Å². The lowest BCUT2D eigenvalue weighted by atomic mass is 10.0. The molecule has 0 fully saturated rings. The third-order valence-corrected chi connectivity index (χ3v) is 6.25. The van der Waals surface area contributed by atoms with Gasteiger partial charge in [-0.15, -0.1) is 0 Å². The van der Waals surface area contributed by atoms with Gasteiger partial charge in [-0.3, -0.25) is 19.7 Å². The second kappa shape index (κ2) is 11.8. The first-order chi connectivity index (χ1) is 18.2. The second-order valence-electron chi connectivity index (χ2n) is 8.15. The summed E-state index contributed by atoms with van der Waals surface area (Å²) in [6.07, 6.45) is 1.79. The quantitative estimate of drug-likeness (QED) is 0.152. The number of hydrogen-bond donors (Lipinski definition) is 3. The molecule has 1 atom stereocenters. The van der Waals surface area contributed by atoms with E-state index in [1.54, 1.807) is 24.4 Å². The molecule has 3 N–H and O–H groups in total. The first kappa shape index (κ1) is 26.6. The summed E-state index contributed by atoms with van der Waals surface area (Å²) in [5.74, 6) is -2.23. The molecule has 0 aliphatic heterocycles. The molecule has 0 unspecified atom stereocenters. The van der Waals surface area contributed by atoms with Crippen molar-refractivity contribution in [2.45, 2.75) is 12.5 Å². The van der Waals surface area contributed by atoms with E-state index in [0.29, 0.717) is 0 Å². The minimum Gasteiger partial charge on any atom is -0.454 e. The number of ether oxygens (including phenoxy) is 1. The van der Waals surface area contributed by atoms with Crippen molar-refractivity contribution in [1.29, 1.82) is 0 Å². The number of non-ortho nitro benzene ring substituents is 1. The molecule has 3 aromatic carbocycles. The SMILES string of the molecule is O=C(COC(=O)[C@H](Cc1c[nH]c2ccccc12)NC(=O)c1ccccc1Cl)Nc1cc([N+](=O)[O-])ccc1Cl. The van der Waals surface area contributed by atoms with Crippen molar-refractivity contribution in [3.63, 3.8) is 0 Å². The highest BCUT2D eigenvalue weighted by Crippen LogP contribution is 2.26. The topological polar surface area (TPSA) is 143 Å². The standard InChI is InChI=1S/C26H20Cl2N4O6/c27-19-7-3-1-6-18(19)25(34)31-23(11-15-13-29-21-8-4-2-5-17(15)21)26(35)38-14-24(33)30-22-12-16(32(36)37)9-10-20(22)28/h1-10,12-13,23,29H,11,14H2,(H,30,33)(H,31,34)/t23-/m0/s1. The Morgan fingerprint density at radius 3 is 2.50 bits per heavy atom. The van der Waals surface area contributed by atoms with Crippen molar-refractivity contribution in [3.05, 3.63) is 104 Å². The lowest BCUT2D eigenvalue weighted by Gasteiger charge is -2.18. The number of amides is 2. The average Bonchev–Trinajstić information content (AvgIpc) is 3.31. The van der Waals surface area contributed by atoms with Crippen molar-refractivity contribution >= 4 is 63.3 Å². The number of fused-ring (bicyclic) bond motifs is 1. The maximum absolute atomic E-state index is 13.0. The van der Waals surface area contributed by atoms with Gasteiger partial charge in [0, 0.05) is 35.7 Å². The molecule has 38 heavy (non-hydrogen) atoms. The summed E-state index contributed by atoms with van der Waals surface area (Å²) in [6.45, 7) is -0.718. The third kappa shape index (κ3) is 6.28. The highest BCUT2D eigenvalue weighted by Gasteiger charge is 2.26. The van der Waals surface area contributed by atoms with E-state index < -0.39 is 35.4 Å². The van der Waals surface area contributed by atoms with E-state index in [2.05, 4.69) is 15.6 Å². The van der Waals surface area contributed by atoms with Crippen LogP contribution in [0.4, 0.5) is 11.4 Å². The zero-order valence-electron chi connectivity index (χ0n) is 19.6. The zero-order valence-corrected chi connectivity index (χ0v) is 21.1. The minimum absolute atomic E-state index is 0.00993. The van der Waals surface area contributed by atoms with Gasteiger partial charge in [0.2, 0.25) is 0 Å². The van der Waals surface area contributed by atoms with E-state index >= 15 is 0 Å². The van der Waals surface area contributed by atoms with Crippen LogP contribution in [0.5, 0.6) is 0 Å². The monoisotopic (exact) mass is 554 g/mol. The fraction of sp³-hybridized carbons (Fsp3) is 0.115. The largest absolute Gasteiger partial charge is 0.454 e. The maximum atomic E-state index is 13.0. The van der Waals surface area contributed by atoms with E-state index in [1.165, 1.54) is 18.2 Å². The number of halogens is 2. The van der Waals surface area contributed by atoms with Gasteiger partial charge in [-0.1, -0.05) is 53.5 Å². The summed E-state index contributed by atoms with van der Waals surface area (Å²) in [4.78, 5) is 51.9. The molecule has 1 aromatic heterocycles. The van der Waals surface area contributed by atoms with Gasteiger partial charge in [-0.2, -0.15) is 0 Å². The molecule has 0 saturated heterocycles. The highest BCUT2D eigenvalue weighted by atomic mass is 35.5. The number of carbonyl (C=O) groups is 3. The number of esters is 1. The van der Waals surface area contributed by atoms with Crippen molar-refractivity contribution in [3.8, 4) is 0 Å². The predicted octanol–water partition coefficient (Wildman–Crippen LogP) is 4.91. The fourth-order valence-electron chi connectivity index (χ4n) is 3.74. The number of carbonyl (C=O) groups excluding carboxylic acids is 3. The normalized spacial score (nSPS) is 11.5. The van der Waals surface area contributed by atoms with Crippen molar-refractivity contribution in [2.24, 2.45) is 0 Å². The lowest BCUT2D eigenvalue weighted by molar-refractivity contribution is -0.384. The molecule has 0 aliphatic carbocycles. The molecule has 0 radical (unpaired) electrons. The zero-order chi connectivity index (χ0) is 27.2. The predicted molar refractivity (Wildman–Crippen MR) is 142 cm³/mol. The van der Waals surface area contributed by atoms with E-state index in [9.17, 15) is 24.5 Å². The first-order valence-corrected chi connectivity index (χ1v) is 12.0. The van der Waals surface area contributed by atoms with Crippen LogP contribution in [-0.4, -0.2) is 40.3 Å². The number of anilines is 1. The summed E-state index contributed by atoms with van der Waals surface area (Å²) in [5, 5.41) is 17.2. The summed E-state index contributed by atoms with van der Waals surface area (Å²) in [6, 6.07) is 16.2. The molecule has 12 heteroatoms. The Hall–Kier alpha value is -4.41. The molecular formula is C26H20Cl2N4O6. The molecule has 0 aliphatic rings. The average molecular weight is 555 g/mol. The van der Waals surface area contributed by atoms with E-state index in [-0.39, 0.29) is 33.4 Å². The molecule has 0 bridgehead atoms. The molecule has 4 rings (SSSR count). The molecule has 0 spiro atoms. The number of nitro benzene ring substituents is 1. The number of nitrogens with zero attached hydrogens (tertiary/aromatic N) is 1. The maximum Gasteiger partial charge on any atom is 0.329 e. The summed E-state index contributed by atoms with van der Waals surface area (Å²) in [5.41, 5.74) is 1.48. The number of aromatic amines is 1. The third-order valence-electron chi connectivity index (χ3n) is 5.59. The summed E-state index contributed by atoms with van der Waals surface area (Å²) in [7, 11) is 0. The van der Waals surface area contributed by atoms with Crippen LogP contribution in [0.15, 0.2) is 72.9 Å². The van der Waals surface area contributed by atoms with Crippen molar-refractivity contribution in [2.75, 3.05) is 11.9 Å². The van der Waals surface area contributed by atoms with Gasteiger partial charge in [0.1, 0.15) is 6.04 Å². The smallest absolute Gasteiger partial charge is 0.329 e. The lowest BCUT2D eigenvalue weighted by Crippen LogP contribution is -2.44. The van der Waals surface area contributed by atoms with Gasteiger partial charge in [0.15, 0.2) is 6.61 Å². The first-order valence-electron chi connectivity index (χ1n) is 11.2. The van der Waals surface area contributed by atoms with E-state index in [1.807, 2.05) is 24.3 Å².